The standard InChI is InChI=1S/C15H16N4O/c16-9-11-3-4-13(7-12(11)10-17)19-14(20)8-15(18)5-1-2-6-15/h3-4,7H,1-2,5-6,8,18H2,(H,19,20). The molecule has 1 fully saturated rings. The third kappa shape index (κ3) is 3.14. The van der Waals surface area contributed by atoms with Crippen LogP contribution in [0.3, 0.4) is 0 Å². The maximum absolute atomic E-state index is 12.0. The van der Waals surface area contributed by atoms with Gasteiger partial charge < -0.3 is 11.1 Å². The van der Waals surface area contributed by atoms with Gasteiger partial charge in [-0.2, -0.15) is 10.5 Å². The first-order valence-electron chi connectivity index (χ1n) is 6.59. The van der Waals surface area contributed by atoms with Gasteiger partial charge >= 0.3 is 0 Å². The molecule has 3 N–H and O–H groups in total. The van der Waals surface area contributed by atoms with E-state index in [0.29, 0.717) is 11.3 Å². The number of carbonyl (C=O) groups is 1. The Morgan fingerprint density at radius 3 is 2.50 bits per heavy atom. The van der Waals surface area contributed by atoms with Crippen LogP contribution in [0, 0.1) is 22.7 Å². The molecule has 0 unspecified atom stereocenters. The Kier molecular flexibility index (Phi) is 4.02. The number of amides is 1. The van der Waals surface area contributed by atoms with E-state index in [1.807, 2.05) is 12.1 Å². The number of nitrogens with one attached hydrogen (secondary N) is 1. The van der Waals surface area contributed by atoms with Crippen LogP contribution in [0.1, 0.15) is 43.2 Å². The Morgan fingerprint density at radius 2 is 1.90 bits per heavy atom. The minimum absolute atomic E-state index is 0.150. The van der Waals surface area contributed by atoms with E-state index in [2.05, 4.69) is 5.32 Å². The first kappa shape index (κ1) is 14.0. The van der Waals surface area contributed by atoms with Crippen molar-refractivity contribution in [3.63, 3.8) is 0 Å². The van der Waals surface area contributed by atoms with Gasteiger partial charge in [0, 0.05) is 17.6 Å². The monoisotopic (exact) mass is 268 g/mol. The molecule has 0 saturated heterocycles. The summed E-state index contributed by atoms with van der Waals surface area (Å²) in [5.41, 5.74) is 6.85. The van der Waals surface area contributed by atoms with Crippen LogP contribution in [0.2, 0.25) is 0 Å². The molecule has 20 heavy (non-hydrogen) atoms. The molecule has 5 nitrogen and oxygen atoms in total. The van der Waals surface area contributed by atoms with Gasteiger partial charge in [-0.05, 0) is 31.0 Å². The molecule has 1 amide bonds. The molecular formula is C15H16N4O. The topological polar surface area (TPSA) is 103 Å². The van der Waals surface area contributed by atoms with Crippen LogP contribution in [0.25, 0.3) is 0 Å². The molecule has 1 saturated carbocycles. The van der Waals surface area contributed by atoms with Crippen LogP contribution in [-0.2, 0) is 4.79 Å². The average Bonchev–Trinajstić information content (AvgIpc) is 2.84. The second-order valence-electron chi connectivity index (χ2n) is 5.28. The van der Waals surface area contributed by atoms with Crippen molar-refractivity contribution in [3.05, 3.63) is 29.3 Å². The molecular weight excluding hydrogens is 252 g/mol. The number of anilines is 1. The van der Waals surface area contributed by atoms with E-state index >= 15 is 0 Å². The Labute approximate surface area is 118 Å². The molecule has 1 aromatic carbocycles. The normalized spacial score (nSPS) is 16.1. The highest BCUT2D eigenvalue weighted by Gasteiger charge is 2.31. The molecule has 1 aliphatic rings. The summed E-state index contributed by atoms with van der Waals surface area (Å²) in [6.07, 6.45) is 4.17. The van der Waals surface area contributed by atoms with Crippen molar-refractivity contribution in [2.45, 2.75) is 37.6 Å². The summed E-state index contributed by atoms with van der Waals surface area (Å²) in [4.78, 5) is 12.0. The lowest BCUT2D eigenvalue weighted by atomic mass is 9.94. The highest BCUT2D eigenvalue weighted by Crippen LogP contribution is 2.30. The van der Waals surface area contributed by atoms with Crippen molar-refractivity contribution in [2.75, 3.05) is 5.32 Å². The second-order valence-corrected chi connectivity index (χ2v) is 5.28. The van der Waals surface area contributed by atoms with Gasteiger partial charge in [-0.25, -0.2) is 0 Å². The number of nitrogens with two attached hydrogens (primary N) is 1. The number of rotatable bonds is 3. The SMILES string of the molecule is N#Cc1ccc(NC(=O)CC2(N)CCCC2)cc1C#N. The molecule has 2 rings (SSSR count). The zero-order valence-electron chi connectivity index (χ0n) is 11.1. The zero-order chi connectivity index (χ0) is 14.6. The Bertz CT molecular complexity index is 603. The van der Waals surface area contributed by atoms with Gasteiger partial charge in [0.1, 0.15) is 12.1 Å². The van der Waals surface area contributed by atoms with Gasteiger partial charge in [0.2, 0.25) is 5.91 Å². The second kappa shape index (κ2) is 5.73. The van der Waals surface area contributed by atoms with E-state index in [9.17, 15) is 4.79 Å². The number of carbonyl (C=O) groups excluding carboxylic acids is 1. The van der Waals surface area contributed by atoms with E-state index in [4.69, 9.17) is 16.3 Å². The Balaban J connectivity index is 2.05. The number of hydrogen-bond donors (Lipinski definition) is 2. The van der Waals surface area contributed by atoms with E-state index in [-0.39, 0.29) is 17.9 Å². The van der Waals surface area contributed by atoms with Crippen LogP contribution in [0.4, 0.5) is 5.69 Å². The number of nitriles is 2. The Hall–Kier alpha value is -2.37. The summed E-state index contributed by atoms with van der Waals surface area (Å²) in [7, 11) is 0. The molecule has 0 spiro atoms. The van der Waals surface area contributed by atoms with Crippen LogP contribution in [0.5, 0.6) is 0 Å². The summed E-state index contributed by atoms with van der Waals surface area (Å²) >= 11 is 0. The van der Waals surface area contributed by atoms with Crippen LogP contribution in [-0.4, -0.2) is 11.4 Å². The van der Waals surface area contributed by atoms with E-state index < -0.39 is 5.54 Å². The summed E-state index contributed by atoms with van der Waals surface area (Å²) in [6, 6.07) is 8.54. The largest absolute Gasteiger partial charge is 0.326 e. The van der Waals surface area contributed by atoms with Crippen LogP contribution >= 0.6 is 0 Å². The van der Waals surface area contributed by atoms with E-state index in [0.717, 1.165) is 25.7 Å². The predicted molar refractivity (Wildman–Crippen MR) is 74.5 cm³/mol. The van der Waals surface area contributed by atoms with Crippen LogP contribution < -0.4 is 11.1 Å². The van der Waals surface area contributed by atoms with Gasteiger partial charge in [-0.1, -0.05) is 12.8 Å². The highest BCUT2D eigenvalue weighted by atomic mass is 16.1. The molecule has 0 aliphatic heterocycles. The molecule has 0 heterocycles. The fourth-order valence-corrected chi connectivity index (χ4v) is 2.59. The third-order valence-electron chi connectivity index (χ3n) is 3.66. The Morgan fingerprint density at radius 1 is 1.25 bits per heavy atom. The van der Waals surface area contributed by atoms with Gasteiger partial charge in [0.15, 0.2) is 0 Å². The highest BCUT2D eigenvalue weighted by molar-refractivity contribution is 5.91. The lowest BCUT2D eigenvalue weighted by Crippen LogP contribution is -2.40. The fraction of sp³-hybridized carbons (Fsp3) is 0.400. The van der Waals surface area contributed by atoms with Gasteiger partial charge in [-0.3, -0.25) is 4.79 Å². The fourth-order valence-electron chi connectivity index (χ4n) is 2.59. The summed E-state index contributed by atoms with van der Waals surface area (Å²) in [6.45, 7) is 0. The molecule has 5 heteroatoms. The van der Waals surface area contributed by atoms with Crippen molar-refractivity contribution >= 4 is 11.6 Å². The molecule has 0 atom stereocenters. The minimum Gasteiger partial charge on any atom is -0.326 e. The smallest absolute Gasteiger partial charge is 0.226 e. The zero-order valence-corrected chi connectivity index (χ0v) is 11.1. The molecule has 1 aromatic rings. The average molecular weight is 268 g/mol. The lowest BCUT2D eigenvalue weighted by molar-refractivity contribution is -0.117. The van der Waals surface area contributed by atoms with Crippen molar-refractivity contribution in [3.8, 4) is 12.1 Å². The maximum Gasteiger partial charge on any atom is 0.226 e. The molecule has 0 aromatic heterocycles. The van der Waals surface area contributed by atoms with Gasteiger partial charge in [0.25, 0.3) is 0 Å². The number of hydrogen-bond acceptors (Lipinski definition) is 4. The molecule has 102 valence electrons. The quantitative estimate of drug-likeness (QED) is 0.875. The number of benzene rings is 1. The predicted octanol–water partition coefficient (Wildman–Crippen LogP) is 2.03. The first-order valence-corrected chi connectivity index (χ1v) is 6.59. The summed E-state index contributed by atoms with van der Waals surface area (Å²) < 4.78 is 0. The first-order chi connectivity index (χ1) is 9.56. The van der Waals surface area contributed by atoms with Crippen molar-refractivity contribution in [1.29, 1.82) is 10.5 Å². The van der Waals surface area contributed by atoms with Gasteiger partial charge in [-0.15, -0.1) is 0 Å². The minimum atomic E-state index is -0.394. The van der Waals surface area contributed by atoms with Crippen molar-refractivity contribution < 1.29 is 4.79 Å². The van der Waals surface area contributed by atoms with E-state index in [1.165, 1.54) is 12.1 Å². The van der Waals surface area contributed by atoms with Crippen molar-refractivity contribution in [1.82, 2.24) is 0 Å². The molecule has 0 radical (unpaired) electrons. The van der Waals surface area contributed by atoms with E-state index in [1.54, 1.807) is 6.07 Å². The number of nitrogens with zero attached hydrogens (tertiary/aromatic N) is 2. The van der Waals surface area contributed by atoms with Gasteiger partial charge in [0.05, 0.1) is 11.1 Å². The lowest BCUT2D eigenvalue weighted by Gasteiger charge is -2.22. The molecule has 0 bridgehead atoms. The maximum atomic E-state index is 12.0. The molecule has 1 aliphatic carbocycles. The van der Waals surface area contributed by atoms with Crippen LogP contribution in [0.15, 0.2) is 18.2 Å². The summed E-state index contributed by atoms with van der Waals surface area (Å²) in [5, 5.41) is 20.5. The van der Waals surface area contributed by atoms with Crippen molar-refractivity contribution in [2.24, 2.45) is 5.73 Å². The summed E-state index contributed by atoms with van der Waals surface area (Å²) in [5.74, 6) is -0.150. The third-order valence-corrected chi connectivity index (χ3v) is 3.66.